The van der Waals surface area contributed by atoms with Crippen LogP contribution in [0.25, 0.3) is 0 Å². The van der Waals surface area contributed by atoms with Gasteiger partial charge in [0.2, 0.25) is 0 Å². The zero-order chi connectivity index (χ0) is 13.5. The second kappa shape index (κ2) is 7.31. The van der Waals surface area contributed by atoms with Crippen LogP contribution in [0.3, 0.4) is 0 Å². The van der Waals surface area contributed by atoms with Crippen LogP contribution in [0, 0.1) is 0 Å². The van der Waals surface area contributed by atoms with Gasteiger partial charge < -0.3 is 0 Å². The highest BCUT2D eigenvalue weighted by molar-refractivity contribution is 7.98. The van der Waals surface area contributed by atoms with Crippen LogP contribution < -0.4 is 0 Å². The summed E-state index contributed by atoms with van der Waals surface area (Å²) in [6.45, 7) is 5.22. The molecule has 1 heterocycles. The smallest absolute Gasteiger partial charge is 0.0271 e. The summed E-state index contributed by atoms with van der Waals surface area (Å²) in [5, 5.41) is 0. The van der Waals surface area contributed by atoms with Gasteiger partial charge in [0.1, 0.15) is 0 Å². The van der Waals surface area contributed by atoms with E-state index in [2.05, 4.69) is 59.5 Å². The molecule has 2 nitrogen and oxygen atoms in total. The van der Waals surface area contributed by atoms with E-state index < -0.39 is 0 Å². The highest BCUT2D eigenvalue weighted by atomic mass is 32.2. The van der Waals surface area contributed by atoms with Gasteiger partial charge in [0.25, 0.3) is 0 Å². The third-order valence-electron chi connectivity index (χ3n) is 3.17. The largest absolute Gasteiger partial charge is 0.295 e. The maximum absolute atomic E-state index is 4.06. The third kappa shape index (κ3) is 4.37. The van der Waals surface area contributed by atoms with E-state index in [0.29, 0.717) is 0 Å². The molecule has 2 rings (SSSR count). The molecule has 19 heavy (non-hydrogen) atoms. The number of rotatable bonds is 6. The van der Waals surface area contributed by atoms with E-state index in [4.69, 9.17) is 0 Å². The molecule has 0 radical (unpaired) electrons. The molecule has 0 unspecified atom stereocenters. The number of hydrogen-bond acceptors (Lipinski definition) is 3. The van der Waals surface area contributed by atoms with E-state index >= 15 is 0 Å². The van der Waals surface area contributed by atoms with Crippen LogP contribution in [0.2, 0.25) is 0 Å². The summed E-state index contributed by atoms with van der Waals surface area (Å²) in [7, 11) is 0. The Balaban J connectivity index is 1.98. The number of benzene rings is 1. The van der Waals surface area contributed by atoms with Crippen LogP contribution >= 0.6 is 11.8 Å². The van der Waals surface area contributed by atoms with Gasteiger partial charge in [-0.05, 0) is 48.2 Å². The van der Waals surface area contributed by atoms with E-state index in [1.54, 1.807) is 11.8 Å². The number of hydrogen-bond donors (Lipinski definition) is 0. The predicted octanol–water partition coefficient (Wildman–Crippen LogP) is 3.83. The molecule has 0 spiro atoms. The lowest BCUT2D eigenvalue weighted by Gasteiger charge is -2.20. The SMILES string of the molecule is CCN(Cc1ccncc1)Cc1ccc(SC)cc1. The number of aromatic nitrogens is 1. The summed E-state index contributed by atoms with van der Waals surface area (Å²) >= 11 is 1.78. The number of pyridine rings is 1. The average Bonchev–Trinajstić information content (AvgIpc) is 2.48. The molecule has 0 amide bonds. The molecule has 0 saturated heterocycles. The topological polar surface area (TPSA) is 16.1 Å². The average molecular weight is 272 g/mol. The molecule has 2 aromatic rings. The Kier molecular flexibility index (Phi) is 5.43. The second-order valence-corrected chi connectivity index (χ2v) is 5.39. The van der Waals surface area contributed by atoms with E-state index in [-0.39, 0.29) is 0 Å². The van der Waals surface area contributed by atoms with Crippen LogP contribution in [0.15, 0.2) is 53.7 Å². The van der Waals surface area contributed by atoms with Crippen molar-refractivity contribution >= 4 is 11.8 Å². The van der Waals surface area contributed by atoms with E-state index in [9.17, 15) is 0 Å². The fourth-order valence-corrected chi connectivity index (χ4v) is 2.42. The van der Waals surface area contributed by atoms with Crippen molar-refractivity contribution in [1.29, 1.82) is 0 Å². The number of nitrogens with zero attached hydrogens (tertiary/aromatic N) is 2. The monoisotopic (exact) mass is 272 g/mol. The maximum Gasteiger partial charge on any atom is 0.0271 e. The van der Waals surface area contributed by atoms with Crippen molar-refractivity contribution in [3.05, 3.63) is 59.9 Å². The van der Waals surface area contributed by atoms with Crippen molar-refractivity contribution in [2.75, 3.05) is 12.8 Å². The van der Waals surface area contributed by atoms with Crippen molar-refractivity contribution in [2.24, 2.45) is 0 Å². The molecule has 0 saturated carbocycles. The summed E-state index contributed by atoms with van der Waals surface area (Å²) in [4.78, 5) is 7.82. The van der Waals surface area contributed by atoms with Crippen molar-refractivity contribution in [1.82, 2.24) is 9.88 Å². The van der Waals surface area contributed by atoms with Crippen molar-refractivity contribution < 1.29 is 0 Å². The van der Waals surface area contributed by atoms with Crippen LogP contribution in [0.4, 0.5) is 0 Å². The molecule has 0 N–H and O–H groups in total. The molecule has 0 atom stereocenters. The molecule has 3 heteroatoms. The minimum atomic E-state index is 0.975. The normalized spacial score (nSPS) is 10.9. The third-order valence-corrected chi connectivity index (χ3v) is 3.91. The van der Waals surface area contributed by atoms with E-state index in [1.807, 2.05) is 12.4 Å². The van der Waals surface area contributed by atoms with Gasteiger partial charge in [-0.25, -0.2) is 0 Å². The first-order chi connectivity index (χ1) is 9.31. The fraction of sp³-hybridized carbons (Fsp3) is 0.312. The molecular formula is C16H20N2S. The first-order valence-corrected chi connectivity index (χ1v) is 7.78. The van der Waals surface area contributed by atoms with Crippen molar-refractivity contribution in [3.63, 3.8) is 0 Å². The van der Waals surface area contributed by atoms with Crippen LogP contribution in [-0.4, -0.2) is 22.7 Å². The van der Waals surface area contributed by atoms with Crippen LogP contribution in [-0.2, 0) is 13.1 Å². The van der Waals surface area contributed by atoms with Gasteiger partial charge in [-0.3, -0.25) is 9.88 Å². The van der Waals surface area contributed by atoms with Crippen LogP contribution in [0.1, 0.15) is 18.1 Å². The number of thioether (sulfide) groups is 1. The van der Waals surface area contributed by atoms with Gasteiger partial charge in [-0.2, -0.15) is 0 Å². The summed E-state index contributed by atoms with van der Waals surface area (Å²) in [6, 6.07) is 13.0. The van der Waals surface area contributed by atoms with Crippen molar-refractivity contribution in [2.45, 2.75) is 24.9 Å². The van der Waals surface area contributed by atoms with Crippen molar-refractivity contribution in [3.8, 4) is 0 Å². The fourth-order valence-electron chi connectivity index (χ4n) is 2.02. The molecule has 0 aliphatic rings. The Bertz CT molecular complexity index is 482. The predicted molar refractivity (Wildman–Crippen MR) is 82.2 cm³/mol. The van der Waals surface area contributed by atoms with Gasteiger partial charge in [0, 0.05) is 30.4 Å². The van der Waals surface area contributed by atoms with E-state index in [0.717, 1.165) is 19.6 Å². The highest BCUT2D eigenvalue weighted by Crippen LogP contribution is 2.16. The van der Waals surface area contributed by atoms with Gasteiger partial charge in [-0.15, -0.1) is 11.8 Å². The summed E-state index contributed by atoms with van der Waals surface area (Å²) in [5.41, 5.74) is 2.69. The quantitative estimate of drug-likeness (QED) is 0.744. The molecule has 0 bridgehead atoms. The first-order valence-electron chi connectivity index (χ1n) is 6.56. The van der Waals surface area contributed by atoms with Gasteiger partial charge in [-0.1, -0.05) is 19.1 Å². The molecule has 1 aromatic heterocycles. The molecule has 100 valence electrons. The molecule has 0 fully saturated rings. The van der Waals surface area contributed by atoms with Gasteiger partial charge in [0.05, 0.1) is 0 Å². The summed E-state index contributed by atoms with van der Waals surface area (Å²) < 4.78 is 0. The van der Waals surface area contributed by atoms with E-state index in [1.165, 1.54) is 16.0 Å². The highest BCUT2D eigenvalue weighted by Gasteiger charge is 2.05. The second-order valence-electron chi connectivity index (χ2n) is 4.51. The minimum absolute atomic E-state index is 0.975. The Morgan fingerprint density at radius 3 is 2.05 bits per heavy atom. The van der Waals surface area contributed by atoms with Gasteiger partial charge >= 0.3 is 0 Å². The Labute approximate surface area is 119 Å². The van der Waals surface area contributed by atoms with Gasteiger partial charge in [0.15, 0.2) is 0 Å². The molecule has 0 aliphatic carbocycles. The lowest BCUT2D eigenvalue weighted by atomic mass is 10.2. The molecule has 0 aliphatic heterocycles. The summed E-state index contributed by atoms with van der Waals surface area (Å²) in [5.74, 6) is 0. The molecular weight excluding hydrogens is 252 g/mol. The Hall–Kier alpha value is -1.32. The maximum atomic E-state index is 4.06. The summed E-state index contributed by atoms with van der Waals surface area (Å²) in [6.07, 6.45) is 5.82. The Morgan fingerprint density at radius 1 is 0.947 bits per heavy atom. The zero-order valence-electron chi connectivity index (χ0n) is 11.5. The molecule has 1 aromatic carbocycles. The Morgan fingerprint density at radius 2 is 1.53 bits per heavy atom. The lowest BCUT2D eigenvalue weighted by molar-refractivity contribution is 0.271. The standard InChI is InChI=1S/C16H20N2S/c1-3-18(13-15-8-10-17-11-9-15)12-14-4-6-16(19-2)7-5-14/h4-11H,3,12-13H2,1-2H3. The zero-order valence-corrected chi connectivity index (χ0v) is 12.4. The van der Waals surface area contributed by atoms with Crippen LogP contribution in [0.5, 0.6) is 0 Å². The minimum Gasteiger partial charge on any atom is -0.295 e. The lowest BCUT2D eigenvalue weighted by Crippen LogP contribution is -2.22. The first kappa shape index (κ1) is 14.1.